The molecule has 6 rings (SSSR count). The summed E-state index contributed by atoms with van der Waals surface area (Å²) in [5.41, 5.74) is 4.55. The second-order valence-corrected chi connectivity index (χ2v) is 9.96. The maximum Gasteiger partial charge on any atom is 0.248 e. The molecule has 204 valence electrons. The molecule has 0 saturated carbocycles. The van der Waals surface area contributed by atoms with Gasteiger partial charge >= 0.3 is 0 Å². The van der Waals surface area contributed by atoms with Crippen LogP contribution in [0.15, 0.2) is 73.5 Å². The zero-order chi connectivity index (χ0) is 28.3. The van der Waals surface area contributed by atoms with Crippen LogP contribution in [0.4, 0.5) is 17.1 Å². The molecule has 1 saturated heterocycles. The molecule has 41 heavy (non-hydrogen) atoms. The van der Waals surface area contributed by atoms with E-state index in [0.717, 1.165) is 30.6 Å². The molecule has 4 heterocycles. The molecule has 1 amide bonds. The van der Waals surface area contributed by atoms with Gasteiger partial charge in [-0.3, -0.25) is 19.1 Å². The molecular weight excluding hydrogens is 518 g/mol. The summed E-state index contributed by atoms with van der Waals surface area (Å²) in [7, 11) is 2.07. The van der Waals surface area contributed by atoms with E-state index in [1.54, 1.807) is 41.5 Å². The zero-order valence-electron chi connectivity index (χ0n) is 22.6. The monoisotopic (exact) mass is 545 g/mol. The molecule has 11 heteroatoms. The quantitative estimate of drug-likeness (QED) is 0.272. The third kappa shape index (κ3) is 5.54. The van der Waals surface area contributed by atoms with E-state index in [4.69, 9.17) is 4.74 Å². The first-order valence-corrected chi connectivity index (χ1v) is 13.2. The summed E-state index contributed by atoms with van der Waals surface area (Å²) in [6, 6.07) is 15.3. The second-order valence-electron chi connectivity index (χ2n) is 9.96. The summed E-state index contributed by atoms with van der Waals surface area (Å²) in [5.74, 6) is 0.835. The van der Waals surface area contributed by atoms with Gasteiger partial charge in [-0.15, -0.1) is 10.2 Å². The van der Waals surface area contributed by atoms with Crippen molar-refractivity contribution in [1.29, 1.82) is 5.26 Å². The van der Waals surface area contributed by atoms with Crippen LogP contribution in [-0.2, 0) is 4.79 Å². The fourth-order valence-electron chi connectivity index (χ4n) is 4.92. The Bertz CT molecular complexity index is 1840. The number of hydrogen-bond donors (Lipinski definition) is 2. The minimum Gasteiger partial charge on any atom is -0.439 e. The van der Waals surface area contributed by atoms with Crippen molar-refractivity contribution in [3.8, 4) is 17.7 Å². The maximum absolute atomic E-state index is 12.6. The first-order chi connectivity index (χ1) is 20.0. The molecule has 0 spiro atoms. The Kier molecular flexibility index (Phi) is 6.97. The van der Waals surface area contributed by atoms with Gasteiger partial charge in [0.05, 0.1) is 16.8 Å². The van der Waals surface area contributed by atoms with Crippen LogP contribution >= 0.6 is 0 Å². The molecule has 1 unspecified atom stereocenters. The molecule has 0 aliphatic carbocycles. The number of nitriles is 1. The summed E-state index contributed by atoms with van der Waals surface area (Å²) >= 11 is 0. The fourth-order valence-corrected chi connectivity index (χ4v) is 4.92. The predicted molar refractivity (Wildman–Crippen MR) is 155 cm³/mol. The number of carbonyl (C=O) groups is 1. The van der Waals surface area contributed by atoms with Crippen LogP contribution in [0.25, 0.3) is 16.6 Å². The number of ether oxygens (including phenoxy) is 1. The summed E-state index contributed by atoms with van der Waals surface area (Å²) in [6.07, 6.45) is 10.4. The molecule has 2 N–H and O–H groups in total. The average molecular weight is 546 g/mol. The SMILES string of the molecule is Cc1cc(Nc2c(C#N)cnc3ccc(NC(=O)/C=C/C4CCCN4C)cc23)ccc1Oc1cc2nncn2cn1. The number of hydrogen-bond acceptors (Lipinski definition) is 9. The molecule has 11 nitrogen and oxygen atoms in total. The van der Waals surface area contributed by atoms with E-state index in [9.17, 15) is 10.1 Å². The first-order valence-electron chi connectivity index (χ1n) is 13.2. The Labute approximate surface area is 236 Å². The van der Waals surface area contributed by atoms with Gasteiger partial charge in [0.1, 0.15) is 24.5 Å². The number of benzene rings is 2. The Hall–Kier alpha value is -5.34. The number of fused-ring (bicyclic) bond motifs is 2. The molecule has 1 fully saturated rings. The van der Waals surface area contributed by atoms with Gasteiger partial charge in [0.25, 0.3) is 0 Å². The third-order valence-corrected chi connectivity index (χ3v) is 7.12. The van der Waals surface area contributed by atoms with Crippen molar-refractivity contribution in [2.24, 2.45) is 0 Å². The number of nitrogens with one attached hydrogen (secondary N) is 2. The van der Waals surface area contributed by atoms with E-state index in [1.807, 2.05) is 43.3 Å². The molecule has 1 atom stereocenters. The van der Waals surface area contributed by atoms with E-state index in [0.29, 0.717) is 45.1 Å². The van der Waals surface area contributed by atoms with Crippen LogP contribution in [-0.4, -0.2) is 55.0 Å². The first kappa shape index (κ1) is 25.9. The van der Waals surface area contributed by atoms with Crippen molar-refractivity contribution in [3.63, 3.8) is 0 Å². The van der Waals surface area contributed by atoms with E-state index in [-0.39, 0.29) is 11.9 Å². The van der Waals surface area contributed by atoms with Gasteiger partial charge in [-0.1, -0.05) is 6.08 Å². The lowest BCUT2D eigenvalue weighted by molar-refractivity contribution is -0.111. The number of likely N-dealkylation sites (N-methyl/N-ethyl adjacent to an activating group) is 1. The van der Waals surface area contributed by atoms with Crippen LogP contribution in [0.2, 0.25) is 0 Å². The van der Waals surface area contributed by atoms with Crippen molar-refractivity contribution in [1.82, 2.24) is 29.5 Å². The summed E-state index contributed by atoms with van der Waals surface area (Å²) in [5, 5.41) is 24.7. The van der Waals surface area contributed by atoms with Gasteiger partial charge < -0.3 is 15.4 Å². The summed E-state index contributed by atoms with van der Waals surface area (Å²) in [6.45, 7) is 2.97. The minimum atomic E-state index is -0.201. The maximum atomic E-state index is 12.6. The third-order valence-electron chi connectivity index (χ3n) is 7.12. The lowest BCUT2D eigenvalue weighted by Gasteiger charge is -2.15. The molecule has 1 aliphatic rings. The molecule has 1 aliphatic heterocycles. The Balaban J connectivity index is 1.23. The highest BCUT2D eigenvalue weighted by Gasteiger charge is 2.18. The van der Waals surface area contributed by atoms with Gasteiger partial charge in [-0.25, -0.2) is 4.98 Å². The van der Waals surface area contributed by atoms with Gasteiger partial charge in [0, 0.05) is 41.1 Å². The van der Waals surface area contributed by atoms with Crippen LogP contribution in [0, 0.1) is 18.3 Å². The van der Waals surface area contributed by atoms with E-state index in [2.05, 4.69) is 48.8 Å². The van der Waals surface area contributed by atoms with Crippen molar-refractivity contribution in [2.45, 2.75) is 25.8 Å². The van der Waals surface area contributed by atoms with Crippen molar-refractivity contribution in [2.75, 3.05) is 24.2 Å². The summed E-state index contributed by atoms with van der Waals surface area (Å²) < 4.78 is 7.68. The lowest BCUT2D eigenvalue weighted by atomic mass is 10.1. The number of nitrogens with zero attached hydrogens (tertiary/aromatic N) is 7. The second kappa shape index (κ2) is 11.0. The highest BCUT2D eigenvalue weighted by atomic mass is 16.5. The minimum absolute atomic E-state index is 0.201. The van der Waals surface area contributed by atoms with Gasteiger partial charge in [0.15, 0.2) is 5.65 Å². The van der Waals surface area contributed by atoms with Gasteiger partial charge in [0.2, 0.25) is 11.8 Å². The van der Waals surface area contributed by atoms with Crippen LogP contribution < -0.4 is 15.4 Å². The molecule has 0 radical (unpaired) electrons. The number of anilines is 3. The number of likely N-dealkylation sites (tertiary alicyclic amines) is 1. The Morgan fingerprint density at radius 3 is 2.83 bits per heavy atom. The highest BCUT2D eigenvalue weighted by molar-refractivity contribution is 6.03. The molecular formula is C30H27N9O2. The molecule has 2 aromatic carbocycles. The number of pyridine rings is 1. The number of carbonyl (C=O) groups excluding carboxylic acids is 1. The van der Waals surface area contributed by atoms with Crippen molar-refractivity contribution in [3.05, 3.63) is 84.6 Å². The van der Waals surface area contributed by atoms with Crippen LogP contribution in [0.3, 0.4) is 0 Å². The van der Waals surface area contributed by atoms with E-state index >= 15 is 0 Å². The molecule has 0 bridgehead atoms. The number of aromatic nitrogens is 5. The number of rotatable bonds is 7. The summed E-state index contributed by atoms with van der Waals surface area (Å²) in [4.78, 5) is 23.6. The zero-order valence-corrected chi connectivity index (χ0v) is 22.6. The van der Waals surface area contributed by atoms with Crippen molar-refractivity contribution < 1.29 is 9.53 Å². The van der Waals surface area contributed by atoms with Crippen LogP contribution in [0.1, 0.15) is 24.0 Å². The lowest BCUT2D eigenvalue weighted by Crippen LogP contribution is -2.23. The number of amides is 1. The number of aryl methyl sites for hydroxylation is 1. The predicted octanol–water partition coefficient (Wildman–Crippen LogP) is 4.98. The molecule has 5 aromatic rings. The van der Waals surface area contributed by atoms with Crippen molar-refractivity contribution >= 4 is 39.5 Å². The highest BCUT2D eigenvalue weighted by Crippen LogP contribution is 2.33. The topological polar surface area (TPSA) is 133 Å². The molecule has 3 aromatic heterocycles. The Morgan fingerprint density at radius 2 is 2.02 bits per heavy atom. The van der Waals surface area contributed by atoms with E-state index in [1.165, 1.54) is 0 Å². The normalized spacial score (nSPS) is 15.4. The van der Waals surface area contributed by atoms with E-state index < -0.39 is 0 Å². The smallest absolute Gasteiger partial charge is 0.248 e. The fraction of sp³-hybridized carbons (Fsp3) is 0.200. The largest absolute Gasteiger partial charge is 0.439 e. The standard InChI is InChI=1S/C30H27N9O2/c1-19-12-21(6-9-26(19)41-29-14-27-37-34-18-39(27)17-33-29)36-30-20(15-31)16-32-25-8-5-22(13-24(25)30)35-28(40)10-7-23-4-3-11-38(23)2/h5-10,12-14,16-18,23H,3-4,11H2,1-2H3,(H,32,36)(H,35,40)/b10-7+. The average Bonchev–Trinajstić information content (AvgIpc) is 3.61. The Morgan fingerprint density at radius 1 is 1.15 bits per heavy atom. The van der Waals surface area contributed by atoms with Gasteiger partial charge in [-0.05, 0) is 75.3 Å². The van der Waals surface area contributed by atoms with Crippen LogP contribution in [0.5, 0.6) is 11.6 Å². The van der Waals surface area contributed by atoms with Gasteiger partial charge in [-0.2, -0.15) is 5.26 Å².